The molecule has 0 aliphatic heterocycles. The molecule has 0 aliphatic rings. The predicted octanol–water partition coefficient (Wildman–Crippen LogP) is 10.4. The van der Waals surface area contributed by atoms with Gasteiger partial charge in [0.2, 0.25) is 0 Å². The lowest BCUT2D eigenvalue weighted by Gasteiger charge is -2.06. The van der Waals surface area contributed by atoms with E-state index in [1.165, 1.54) is 0 Å². The van der Waals surface area contributed by atoms with Gasteiger partial charge in [-0.25, -0.2) is 0 Å². The maximum atomic E-state index is 5.67. The lowest BCUT2D eigenvalue weighted by Crippen LogP contribution is -1.79. The first-order chi connectivity index (χ1) is 9.93. The smallest absolute Gasteiger partial charge is 0.0810 e. The molecule has 0 unspecified atom stereocenters. The van der Waals surface area contributed by atoms with Gasteiger partial charge in [-0.15, -0.1) is 0 Å². The fraction of sp³-hybridized carbons (Fsp3) is 0. The molecule has 0 atom stereocenters. The van der Waals surface area contributed by atoms with Crippen LogP contribution in [0.1, 0.15) is 0 Å². The molecule has 1 aromatic rings. The van der Waals surface area contributed by atoms with Crippen LogP contribution in [0.15, 0.2) is 19.0 Å². The number of allylic oxidation sites excluding steroid dienone is 2. The maximum Gasteiger partial charge on any atom is 0.127 e. The van der Waals surface area contributed by atoms with Crippen LogP contribution in [0, 0.1) is 0 Å². The first-order valence-corrected chi connectivity index (χ1v) is 9.05. The fourth-order valence-electron chi connectivity index (χ4n) is 0.744. The van der Waals surface area contributed by atoms with Gasteiger partial charge >= 0.3 is 0 Å². The summed E-state index contributed by atoms with van der Waals surface area (Å²) >= 11 is 65.8. The largest absolute Gasteiger partial charge is 0.127 e. The molecule has 0 bridgehead atoms. The van der Waals surface area contributed by atoms with Crippen molar-refractivity contribution in [1.82, 2.24) is 0 Å². The molecule has 0 nitrogen and oxygen atoms in total. The summed E-state index contributed by atoms with van der Waals surface area (Å²) in [6.45, 7) is 0. The predicted molar refractivity (Wildman–Crippen MR) is 106 cm³/mol. The lowest BCUT2D eigenvalue weighted by molar-refractivity contribution is 1.69. The second-order valence-electron chi connectivity index (χ2n) is 3.03. The normalized spacial score (nSPS) is 9.82. The third-order valence-electron chi connectivity index (χ3n) is 1.68. The van der Waals surface area contributed by atoms with Crippen LogP contribution in [0.4, 0.5) is 0 Å². The molecular formula is C10Cl12. The Morgan fingerprint density at radius 2 is 0.500 bits per heavy atom. The topological polar surface area (TPSA) is 0 Å². The number of benzene rings is 1. The highest BCUT2D eigenvalue weighted by molar-refractivity contribution is 6.65. The summed E-state index contributed by atoms with van der Waals surface area (Å²) in [7, 11) is 0. The zero-order valence-corrected chi connectivity index (χ0v) is 18.6. The molecule has 0 aromatic heterocycles. The van der Waals surface area contributed by atoms with E-state index in [4.69, 9.17) is 139 Å². The molecule has 12 heteroatoms. The van der Waals surface area contributed by atoms with Gasteiger partial charge in [0.25, 0.3) is 0 Å². The minimum Gasteiger partial charge on any atom is -0.0810 e. The van der Waals surface area contributed by atoms with Crippen molar-refractivity contribution in [3.8, 4) is 0 Å². The van der Waals surface area contributed by atoms with E-state index in [2.05, 4.69) is 0 Å². The van der Waals surface area contributed by atoms with Crippen molar-refractivity contribution in [3.05, 3.63) is 49.2 Å². The van der Waals surface area contributed by atoms with E-state index < -0.39 is 0 Å². The highest BCUT2D eigenvalue weighted by atomic mass is 35.5. The summed E-state index contributed by atoms with van der Waals surface area (Å²) < 4.78 is -0.351. The van der Waals surface area contributed by atoms with Crippen LogP contribution >= 0.6 is 139 Å². The number of rotatable bonds is 1. The maximum absolute atomic E-state index is 5.67. The molecule has 1 aromatic carbocycles. The minimum absolute atomic E-state index is 0.0648. The van der Waals surface area contributed by atoms with Gasteiger partial charge in [0.1, 0.15) is 8.98 Å². The molecule has 1 rings (SSSR count). The third-order valence-corrected chi connectivity index (χ3v) is 6.52. The number of hydrogen-bond donors (Lipinski definition) is 0. The van der Waals surface area contributed by atoms with Crippen LogP contribution in [0.25, 0.3) is 0 Å². The van der Waals surface area contributed by atoms with Crippen molar-refractivity contribution < 1.29 is 0 Å². The Balaban J connectivity index is 0.000000409. The second-order valence-corrected chi connectivity index (χ2v) is 7.96. The van der Waals surface area contributed by atoms with Gasteiger partial charge in [0.05, 0.1) is 40.2 Å². The van der Waals surface area contributed by atoms with Crippen molar-refractivity contribution in [2.75, 3.05) is 0 Å². The van der Waals surface area contributed by atoms with Gasteiger partial charge in [-0.2, -0.15) is 0 Å². The quantitative estimate of drug-likeness (QED) is 0.187. The third kappa shape index (κ3) is 6.83. The van der Waals surface area contributed by atoms with Gasteiger partial charge in [-0.1, -0.05) is 139 Å². The number of hydrogen-bond acceptors (Lipinski definition) is 0. The molecule has 0 N–H and O–H groups in total. The van der Waals surface area contributed by atoms with Gasteiger partial charge in [-0.3, -0.25) is 0 Å². The van der Waals surface area contributed by atoms with Crippen molar-refractivity contribution in [3.63, 3.8) is 0 Å². The minimum atomic E-state index is -0.175. The van der Waals surface area contributed by atoms with Gasteiger partial charge in [-0.05, 0) is 0 Å². The SMILES string of the molecule is ClC(Cl)=C(Cl)C(Cl)=C(Cl)Cl.Clc1c(Cl)c(Cl)c(Cl)c(Cl)c1Cl. The van der Waals surface area contributed by atoms with Crippen LogP contribution < -0.4 is 0 Å². The van der Waals surface area contributed by atoms with Crippen molar-refractivity contribution >= 4 is 139 Å². The standard InChI is InChI=1S/C6Cl6.C4Cl6/c7-1-2(8)4(10)6(12)5(11)3(1)9;5-1(3(7)8)2(6)4(9)10. The molecule has 0 saturated heterocycles. The molecule has 0 spiro atoms. The molecule has 0 heterocycles. The molecule has 124 valence electrons. The Kier molecular flexibility index (Phi) is 12.1. The molecule has 22 heavy (non-hydrogen) atoms. The first kappa shape index (κ1) is 24.2. The van der Waals surface area contributed by atoms with Crippen LogP contribution in [-0.2, 0) is 0 Å². The zero-order chi connectivity index (χ0) is 17.8. The van der Waals surface area contributed by atoms with E-state index in [1.54, 1.807) is 0 Å². The Bertz CT molecular complexity index is 494. The Hall–Kier alpha value is 2.18. The molecule has 0 saturated carbocycles. The van der Waals surface area contributed by atoms with Crippen molar-refractivity contribution in [2.45, 2.75) is 0 Å². The first-order valence-electron chi connectivity index (χ1n) is 4.52. The van der Waals surface area contributed by atoms with Crippen LogP contribution in [0.2, 0.25) is 30.1 Å². The zero-order valence-electron chi connectivity index (χ0n) is 9.54. The van der Waals surface area contributed by atoms with Crippen LogP contribution in [-0.4, -0.2) is 0 Å². The van der Waals surface area contributed by atoms with Crippen LogP contribution in [0.3, 0.4) is 0 Å². The van der Waals surface area contributed by atoms with E-state index >= 15 is 0 Å². The molecule has 0 amide bonds. The summed E-state index contributed by atoms with van der Waals surface area (Å²) in [5.41, 5.74) is 0. The van der Waals surface area contributed by atoms with Gasteiger partial charge in [0.15, 0.2) is 0 Å². The number of halogens is 12. The van der Waals surface area contributed by atoms with Gasteiger partial charge in [0, 0.05) is 0 Å². The summed E-state index contributed by atoms with van der Waals surface area (Å²) in [6, 6.07) is 0. The van der Waals surface area contributed by atoms with Gasteiger partial charge < -0.3 is 0 Å². The van der Waals surface area contributed by atoms with E-state index in [-0.39, 0.29) is 49.2 Å². The Morgan fingerprint density at radius 1 is 0.364 bits per heavy atom. The summed E-state index contributed by atoms with van der Waals surface area (Å²) in [6.07, 6.45) is 0. The molecular weight excluding hydrogens is 546 g/mol. The lowest BCUT2D eigenvalue weighted by atomic mass is 10.3. The van der Waals surface area contributed by atoms with E-state index in [0.29, 0.717) is 0 Å². The van der Waals surface area contributed by atoms with Crippen LogP contribution in [0.5, 0.6) is 0 Å². The molecule has 0 aliphatic carbocycles. The molecule has 0 fully saturated rings. The Labute approximate surface area is 186 Å². The highest BCUT2D eigenvalue weighted by Gasteiger charge is 2.17. The van der Waals surface area contributed by atoms with E-state index in [9.17, 15) is 0 Å². The monoisotopic (exact) mass is 540 g/mol. The van der Waals surface area contributed by atoms with E-state index in [1.807, 2.05) is 0 Å². The highest BCUT2D eigenvalue weighted by Crippen LogP contribution is 2.46. The van der Waals surface area contributed by atoms with E-state index in [0.717, 1.165) is 0 Å². The summed E-state index contributed by atoms with van der Waals surface area (Å²) in [5, 5.41) is 0.524. The van der Waals surface area contributed by atoms with Crippen molar-refractivity contribution in [2.24, 2.45) is 0 Å². The second kappa shape index (κ2) is 11.0. The summed E-state index contributed by atoms with van der Waals surface area (Å²) in [4.78, 5) is 0. The average molecular weight is 546 g/mol. The Morgan fingerprint density at radius 3 is 0.591 bits per heavy atom. The summed E-state index contributed by atoms with van der Waals surface area (Å²) in [5.74, 6) is 0. The molecule has 0 radical (unpaired) electrons. The fourth-order valence-corrected chi connectivity index (χ4v) is 2.93. The van der Waals surface area contributed by atoms with Crippen molar-refractivity contribution in [1.29, 1.82) is 0 Å². The average Bonchev–Trinajstić information content (AvgIpc) is 2.47.